The molecule has 0 amide bonds. The van der Waals surface area contributed by atoms with E-state index in [1.807, 2.05) is 0 Å². The first-order chi connectivity index (χ1) is 4.83. The third kappa shape index (κ3) is 2.10. The van der Waals surface area contributed by atoms with Crippen molar-refractivity contribution in [1.82, 2.24) is 0 Å². The molecule has 0 aliphatic carbocycles. The highest BCUT2D eigenvalue weighted by Crippen LogP contribution is 2.17. The smallest absolute Gasteiger partial charge is 0.0643 e. The third-order valence-corrected chi connectivity index (χ3v) is 1.77. The van der Waals surface area contributed by atoms with E-state index in [2.05, 4.69) is 22.7 Å². The standard InChI is InChI=1S/C5H9N3OS/c6-8-7-2-4-1-5(10)3-9-4/h4-5,10H,1-3H2/t4-,5+/m0/s1. The van der Waals surface area contributed by atoms with Gasteiger partial charge in [0.2, 0.25) is 0 Å². The maximum Gasteiger partial charge on any atom is 0.0643 e. The van der Waals surface area contributed by atoms with Crippen LogP contribution >= 0.6 is 12.6 Å². The van der Waals surface area contributed by atoms with Crippen LogP contribution in [0.5, 0.6) is 0 Å². The predicted molar refractivity (Wildman–Crippen MR) is 41.1 cm³/mol. The number of hydrogen-bond donors (Lipinski definition) is 1. The summed E-state index contributed by atoms with van der Waals surface area (Å²) in [5.41, 5.74) is 7.98. The molecule has 1 aliphatic heterocycles. The molecule has 5 heteroatoms. The first kappa shape index (κ1) is 7.72. The highest BCUT2D eigenvalue weighted by molar-refractivity contribution is 7.81. The van der Waals surface area contributed by atoms with Gasteiger partial charge in [-0.15, -0.1) is 0 Å². The largest absolute Gasteiger partial charge is 0.377 e. The molecule has 1 fully saturated rings. The maximum atomic E-state index is 7.98. The molecular formula is C5H9N3OS. The van der Waals surface area contributed by atoms with Gasteiger partial charge in [0.05, 0.1) is 19.3 Å². The summed E-state index contributed by atoms with van der Waals surface area (Å²) in [5, 5.41) is 3.73. The molecule has 0 saturated carbocycles. The zero-order valence-corrected chi connectivity index (χ0v) is 6.37. The summed E-state index contributed by atoms with van der Waals surface area (Å²) in [6, 6.07) is 0. The van der Waals surface area contributed by atoms with Crippen molar-refractivity contribution in [2.45, 2.75) is 17.8 Å². The number of rotatable bonds is 2. The van der Waals surface area contributed by atoms with E-state index >= 15 is 0 Å². The first-order valence-corrected chi connectivity index (χ1v) is 3.65. The molecule has 0 N–H and O–H groups in total. The van der Waals surface area contributed by atoms with Crippen molar-refractivity contribution in [2.24, 2.45) is 5.11 Å². The molecule has 0 bridgehead atoms. The van der Waals surface area contributed by atoms with Gasteiger partial charge in [0.25, 0.3) is 0 Å². The van der Waals surface area contributed by atoms with E-state index < -0.39 is 0 Å². The fourth-order valence-corrected chi connectivity index (χ4v) is 1.26. The lowest BCUT2D eigenvalue weighted by atomic mass is 10.2. The number of nitrogens with zero attached hydrogens (tertiary/aromatic N) is 3. The second-order valence-corrected chi connectivity index (χ2v) is 2.99. The van der Waals surface area contributed by atoms with Crippen LogP contribution in [0, 0.1) is 0 Å². The third-order valence-electron chi connectivity index (χ3n) is 1.41. The Morgan fingerprint density at radius 2 is 2.60 bits per heavy atom. The summed E-state index contributed by atoms with van der Waals surface area (Å²) in [7, 11) is 0. The van der Waals surface area contributed by atoms with Crippen LogP contribution in [-0.2, 0) is 4.74 Å². The molecule has 0 aromatic heterocycles. The van der Waals surface area contributed by atoms with E-state index in [0.717, 1.165) is 6.42 Å². The number of hydrogen-bond acceptors (Lipinski definition) is 3. The lowest BCUT2D eigenvalue weighted by Crippen LogP contribution is -2.08. The molecule has 2 atom stereocenters. The Morgan fingerprint density at radius 1 is 1.80 bits per heavy atom. The Balaban J connectivity index is 2.24. The van der Waals surface area contributed by atoms with Crippen molar-refractivity contribution in [3.63, 3.8) is 0 Å². The molecule has 1 aliphatic rings. The Morgan fingerprint density at radius 3 is 3.10 bits per heavy atom. The van der Waals surface area contributed by atoms with Crippen molar-refractivity contribution in [3.05, 3.63) is 10.4 Å². The Hall–Kier alpha value is -0.380. The van der Waals surface area contributed by atoms with Gasteiger partial charge in [0.1, 0.15) is 0 Å². The van der Waals surface area contributed by atoms with Gasteiger partial charge in [-0.3, -0.25) is 0 Å². The Labute approximate surface area is 64.6 Å². The maximum absolute atomic E-state index is 7.98. The van der Waals surface area contributed by atoms with E-state index in [1.54, 1.807) is 0 Å². The number of ether oxygens (including phenoxy) is 1. The molecule has 0 aromatic rings. The number of thiol groups is 1. The second kappa shape index (κ2) is 3.71. The van der Waals surface area contributed by atoms with Gasteiger partial charge in [0, 0.05) is 10.2 Å². The second-order valence-electron chi connectivity index (χ2n) is 2.26. The van der Waals surface area contributed by atoms with Crippen molar-refractivity contribution < 1.29 is 4.74 Å². The van der Waals surface area contributed by atoms with Gasteiger partial charge in [-0.05, 0) is 12.0 Å². The molecule has 0 radical (unpaired) electrons. The van der Waals surface area contributed by atoms with Gasteiger partial charge >= 0.3 is 0 Å². The monoisotopic (exact) mass is 159 g/mol. The van der Waals surface area contributed by atoms with Crippen LogP contribution in [0.25, 0.3) is 10.4 Å². The highest BCUT2D eigenvalue weighted by atomic mass is 32.1. The average molecular weight is 159 g/mol. The molecule has 56 valence electrons. The molecule has 10 heavy (non-hydrogen) atoms. The van der Waals surface area contributed by atoms with Crippen molar-refractivity contribution in [1.29, 1.82) is 0 Å². The predicted octanol–water partition coefficient (Wildman–Crippen LogP) is 1.38. The van der Waals surface area contributed by atoms with Crippen LogP contribution in [-0.4, -0.2) is 24.5 Å². The fourth-order valence-electron chi connectivity index (χ4n) is 0.942. The molecule has 1 saturated heterocycles. The quantitative estimate of drug-likeness (QED) is 0.281. The number of azide groups is 1. The summed E-state index contributed by atoms with van der Waals surface area (Å²) in [4.78, 5) is 2.64. The van der Waals surface area contributed by atoms with Gasteiger partial charge in [-0.25, -0.2) is 0 Å². The van der Waals surface area contributed by atoms with Gasteiger partial charge in [-0.2, -0.15) is 12.6 Å². The van der Waals surface area contributed by atoms with Gasteiger partial charge in [0.15, 0.2) is 0 Å². The van der Waals surface area contributed by atoms with Gasteiger partial charge in [-0.1, -0.05) is 5.11 Å². The molecule has 1 heterocycles. The minimum absolute atomic E-state index is 0.0957. The Bertz CT molecular complexity index is 157. The fraction of sp³-hybridized carbons (Fsp3) is 1.00. The van der Waals surface area contributed by atoms with Crippen LogP contribution in [0.2, 0.25) is 0 Å². The minimum Gasteiger partial charge on any atom is -0.377 e. The molecule has 0 unspecified atom stereocenters. The summed E-state index contributed by atoms with van der Waals surface area (Å²) < 4.78 is 5.23. The SMILES string of the molecule is [N-]=[N+]=NC[C@@H]1C[C@@H](S)CO1. The molecule has 4 nitrogen and oxygen atoms in total. The molecule has 0 aromatic carbocycles. The van der Waals surface area contributed by atoms with Crippen LogP contribution < -0.4 is 0 Å². The normalized spacial score (nSPS) is 31.7. The summed E-state index contributed by atoms with van der Waals surface area (Å²) in [5.74, 6) is 0. The average Bonchev–Trinajstić information content (AvgIpc) is 2.31. The first-order valence-electron chi connectivity index (χ1n) is 3.13. The minimum atomic E-state index is 0.0957. The zero-order valence-electron chi connectivity index (χ0n) is 5.47. The summed E-state index contributed by atoms with van der Waals surface area (Å²) >= 11 is 4.21. The lowest BCUT2D eigenvalue weighted by molar-refractivity contribution is 0.118. The zero-order chi connectivity index (χ0) is 7.40. The van der Waals surface area contributed by atoms with Crippen LogP contribution in [0.1, 0.15) is 6.42 Å². The highest BCUT2D eigenvalue weighted by Gasteiger charge is 2.21. The van der Waals surface area contributed by atoms with E-state index in [4.69, 9.17) is 10.3 Å². The van der Waals surface area contributed by atoms with E-state index in [-0.39, 0.29) is 6.10 Å². The van der Waals surface area contributed by atoms with Gasteiger partial charge < -0.3 is 4.74 Å². The van der Waals surface area contributed by atoms with Crippen LogP contribution in [0.3, 0.4) is 0 Å². The Kier molecular flexibility index (Phi) is 2.86. The van der Waals surface area contributed by atoms with Crippen LogP contribution in [0.4, 0.5) is 0 Å². The summed E-state index contributed by atoms with van der Waals surface area (Å²) in [6.45, 7) is 1.11. The lowest BCUT2D eigenvalue weighted by Gasteiger charge is -2.01. The van der Waals surface area contributed by atoms with E-state index in [9.17, 15) is 0 Å². The molecular weight excluding hydrogens is 150 g/mol. The van der Waals surface area contributed by atoms with Crippen molar-refractivity contribution in [2.75, 3.05) is 13.2 Å². The summed E-state index contributed by atoms with van der Waals surface area (Å²) in [6.07, 6.45) is 0.987. The van der Waals surface area contributed by atoms with E-state index in [0.29, 0.717) is 18.4 Å². The topological polar surface area (TPSA) is 58.0 Å². The van der Waals surface area contributed by atoms with E-state index in [1.165, 1.54) is 0 Å². The van der Waals surface area contributed by atoms with Crippen LogP contribution in [0.15, 0.2) is 5.11 Å². The van der Waals surface area contributed by atoms with Crippen molar-refractivity contribution >= 4 is 12.6 Å². The molecule has 1 rings (SSSR count). The van der Waals surface area contributed by atoms with Crippen molar-refractivity contribution in [3.8, 4) is 0 Å². The molecule has 0 spiro atoms.